The van der Waals surface area contributed by atoms with E-state index < -0.39 is 25.9 Å². The quantitative estimate of drug-likeness (QED) is 0.793. The molecule has 0 bridgehead atoms. The normalized spacial score (nSPS) is 17.6. The van der Waals surface area contributed by atoms with Crippen LogP contribution >= 0.6 is 0 Å². The molecule has 1 aliphatic heterocycles. The lowest BCUT2D eigenvalue weighted by atomic mass is 10.3. The molecule has 1 heterocycles. The van der Waals surface area contributed by atoms with Gasteiger partial charge in [0, 0.05) is 26.2 Å². The average molecular weight is 337 g/mol. The summed E-state index contributed by atoms with van der Waals surface area (Å²) in [5, 5.41) is 3.03. The Bertz CT molecular complexity index is 728. The molecule has 0 aromatic heterocycles. The van der Waals surface area contributed by atoms with Crippen molar-refractivity contribution in [1.29, 1.82) is 0 Å². The van der Waals surface area contributed by atoms with Crippen LogP contribution in [0.15, 0.2) is 23.1 Å². The van der Waals surface area contributed by atoms with Crippen LogP contribution in [0.25, 0.3) is 0 Å². The number of benzene rings is 1. The van der Waals surface area contributed by atoms with E-state index in [9.17, 15) is 21.2 Å². The highest BCUT2D eigenvalue weighted by Gasteiger charge is 2.26. The highest BCUT2D eigenvalue weighted by atomic mass is 32.2. The third-order valence-electron chi connectivity index (χ3n) is 2.95. The van der Waals surface area contributed by atoms with E-state index in [-0.39, 0.29) is 10.6 Å². The lowest BCUT2D eigenvalue weighted by Crippen LogP contribution is -2.46. The van der Waals surface area contributed by atoms with Crippen LogP contribution in [0.1, 0.15) is 0 Å². The molecule has 0 saturated carbocycles. The van der Waals surface area contributed by atoms with E-state index in [1.165, 1.54) is 10.4 Å². The van der Waals surface area contributed by atoms with Gasteiger partial charge in [0.2, 0.25) is 20.0 Å². The summed E-state index contributed by atoms with van der Waals surface area (Å²) in [7, 11) is -7.40. The fourth-order valence-electron chi connectivity index (χ4n) is 1.97. The topological polar surface area (TPSA) is 95.6 Å². The van der Waals surface area contributed by atoms with Gasteiger partial charge in [-0.1, -0.05) is 0 Å². The number of rotatable bonds is 4. The molecule has 0 unspecified atom stereocenters. The van der Waals surface area contributed by atoms with Crippen LogP contribution in [0.3, 0.4) is 0 Å². The number of anilines is 1. The molecule has 10 heteroatoms. The van der Waals surface area contributed by atoms with Crippen molar-refractivity contribution in [3.05, 3.63) is 24.0 Å². The van der Waals surface area contributed by atoms with E-state index in [0.717, 1.165) is 18.4 Å². The van der Waals surface area contributed by atoms with Gasteiger partial charge in [-0.05, 0) is 18.2 Å². The van der Waals surface area contributed by atoms with Crippen molar-refractivity contribution >= 4 is 25.7 Å². The first-order valence-electron chi connectivity index (χ1n) is 6.18. The molecule has 0 aliphatic carbocycles. The summed E-state index contributed by atoms with van der Waals surface area (Å²) >= 11 is 0. The molecule has 118 valence electrons. The maximum absolute atomic E-state index is 13.9. The first-order valence-corrected chi connectivity index (χ1v) is 9.51. The fraction of sp³-hybridized carbons (Fsp3) is 0.455. The summed E-state index contributed by atoms with van der Waals surface area (Å²) in [5.74, 6) is -0.934. The van der Waals surface area contributed by atoms with E-state index in [4.69, 9.17) is 0 Å². The smallest absolute Gasteiger partial charge is 0.243 e. The largest absolute Gasteiger partial charge is 0.314 e. The van der Waals surface area contributed by atoms with Gasteiger partial charge in [-0.2, -0.15) is 4.31 Å². The summed E-state index contributed by atoms with van der Waals surface area (Å²) < 4.78 is 63.9. The molecular weight excluding hydrogens is 321 g/mol. The Kier molecular flexibility index (Phi) is 4.51. The number of nitrogens with one attached hydrogen (secondary N) is 2. The highest BCUT2D eigenvalue weighted by molar-refractivity contribution is 7.92. The number of hydrogen-bond donors (Lipinski definition) is 2. The van der Waals surface area contributed by atoms with Crippen LogP contribution in [-0.4, -0.2) is 53.6 Å². The molecule has 1 fully saturated rings. The maximum atomic E-state index is 13.9. The van der Waals surface area contributed by atoms with Gasteiger partial charge in [-0.15, -0.1) is 0 Å². The van der Waals surface area contributed by atoms with Crippen molar-refractivity contribution in [2.45, 2.75) is 4.90 Å². The van der Waals surface area contributed by atoms with Crippen LogP contribution in [-0.2, 0) is 20.0 Å². The predicted octanol–water partition coefficient (Wildman–Crippen LogP) is -0.209. The maximum Gasteiger partial charge on any atom is 0.243 e. The van der Waals surface area contributed by atoms with Gasteiger partial charge in [0.05, 0.1) is 16.8 Å². The van der Waals surface area contributed by atoms with Crippen molar-refractivity contribution in [2.75, 3.05) is 37.2 Å². The summed E-state index contributed by atoms with van der Waals surface area (Å²) in [4.78, 5) is -0.194. The number of halogens is 1. The van der Waals surface area contributed by atoms with Gasteiger partial charge in [0.25, 0.3) is 0 Å². The summed E-state index contributed by atoms with van der Waals surface area (Å²) in [5.41, 5.74) is -0.281. The molecule has 2 rings (SSSR count). The van der Waals surface area contributed by atoms with Crippen molar-refractivity contribution in [3.8, 4) is 0 Å². The minimum atomic E-state index is -3.77. The monoisotopic (exact) mass is 337 g/mol. The molecule has 1 aliphatic rings. The first kappa shape index (κ1) is 16.1. The average Bonchev–Trinajstić information content (AvgIpc) is 2.40. The van der Waals surface area contributed by atoms with Gasteiger partial charge in [-0.3, -0.25) is 4.72 Å². The molecule has 0 spiro atoms. The summed E-state index contributed by atoms with van der Waals surface area (Å²) in [6.07, 6.45) is 0.887. The van der Waals surface area contributed by atoms with Crippen LogP contribution < -0.4 is 10.0 Å². The lowest BCUT2D eigenvalue weighted by molar-refractivity contribution is 0.360. The van der Waals surface area contributed by atoms with Gasteiger partial charge >= 0.3 is 0 Å². The highest BCUT2D eigenvalue weighted by Crippen LogP contribution is 2.22. The van der Waals surface area contributed by atoms with E-state index in [0.29, 0.717) is 26.2 Å². The number of sulfonamides is 2. The molecular formula is C11H16FN3O4S2. The number of piperazine rings is 1. The van der Waals surface area contributed by atoms with Crippen molar-refractivity contribution in [3.63, 3.8) is 0 Å². The van der Waals surface area contributed by atoms with Gasteiger partial charge < -0.3 is 5.32 Å². The Hall–Kier alpha value is -1.23. The second-order valence-corrected chi connectivity index (χ2v) is 8.36. The molecule has 0 amide bonds. The predicted molar refractivity (Wildman–Crippen MR) is 76.5 cm³/mol. The zero-order valence-electron chi connectivity index (χ0n) is 11.3. The van der Waals surface area contributed by atoms with Crippen molar-refractivity contribution in [1.82, 2.24) is 9.62 Å². The van der Waals surface area contributed by atoms with Crippen molar-refractivity contribution < 1.29 is 21.2 Å². The third kappa shape index (κ3) is 3.90. The molecule has 1 aromatic carbocycles. The second-order valence-electron chi connectivity index (χ2n) is 4.67. The van der Waals surface area contributed by atoms with Gasteiger partial charge in [0.1, 0.15) is 5.82 Å². The van der Waals surface area contributed by atoms with Gasteiger partial charge in [0.15, 0.2) is 0 Å². The van der Waals surface area contributed by atoms with Crippen LogP contribution in [0.5, 0.6) is 0 Å². The second kappa shape index (κ2) is 5.87. The molecule has 1 aromatic rings. The van der Waals surface area contributed by atoms with E-state index in [1.807, 2.05) is 4.72 Å². The molecule has 21 heavy (non-hydrogen) atoms. The van der Waals surface area contributed by atoms with E-state index >= 15 is 0 Å². The summed E-state index contributed by atoms with van der Waals surface area (Å²) in [6.45, 7) is 1.70. The SMILES string of the molecule is CS(=O)(=O)Nc1ccc(S(=O)(=O)N2CCNCC2)cc1F. The Morgan fingerprint density at radius 1 is 1.19 bits per heavy atom. The third-order valence-corrected chi connectivity index (χ3v) is 5.43. The Morgan fingerprint density at radius 3 is 2.33 bits per heavy atom. The number of hydrogen-bond acceptors (Lipinski definition) is 5. The zero-order chi connectivity index (χ0) is 15.7. The standard InChI is InChI=1S/C11H16FN3O4S2/c1-20(16,17)14-11-3-2-9(8-10(11)12)21(18,19)15-6-4-13-5-7-15/h2-3,8,13-14H,4-7H2,1H3. The minimum absolute atomic E-state index is 0.194. The van der Waals surface area contributed by atoms with Crippen LogP contribution in [0, 0.1) is 5.82 Å². The van der Waals surface area contributed by atoms with E-state index in [2.05, 4.69) is 5.32 Å². The van der Waals surface area contributed by atoms with Crippen LogP contribution in [0.2, 0.25) is 0 Å². The molecule has 0 atom stereocenters. The molecule has 2 N–H and O–H groups in total. The Labute approximate surface area is 123 Å². The van der Waals surface area contributed by atoms with Gasteiger partial charge in [-0.25, -0.2) is 21.2 Å². The summed E-state index contributed by atoms with van der Waals surface area (Å²) in [6, 6.07) is 3.12. The van der Waals surface area contributed by atoms with Crippen molar-refractivity contribution in [2.24, 2.45) is 0 Å². The van der Waals surface area contributed by atoms with Crippen LogP contribution in [0.4, 0.5) is 10.1 Å². The fourth-order valence-corrected chi connectivity index (χ4v) is 3.99. The Morgan fingerprint density at radius 2 is 1.81 bits per heavy atom. The molecule has 7 nitrogen and oxygen atoms in total. The number of nitrogens with zero attached hydrogens (tertiary/aromatic N) is 1. The lowest BCUT2D eigenvalue weighted by Gasteiger charge is -2.26. The molecule has 0 radical (unpaired) electrons. The first-order chi connectivity index (χ1) is 9.70. The minimum Gasteiger partial charge on any atom is -0.314 e. The Balaban J connectivity index is 2.31. The zero-order valence-corrected chi connectivity index (χ0v) is 13.0. The van der Waals surface area contributed by atoms with E-state index in [1.54, 1.807) is 0 Å². The molecule has 1 saturated heterocycles.